The van der Waals surface area contributed by atoms with Crippen LogP contribution in [0.25, 0.3) is 0 Å². The van der Waals surface area contributed by atoms with Crippen molar-refractivity contribution < 1.29 is 48.6 Å². The Morgan fingerprint density at radius 1 is 1.12 bits per heavy atom. The van der Waals surface area contributed by atoms with Crippen LogP contribution in [-0.4, -0.2) is 64.2 Å². The van der Waals surface area contributed by atoms with Gasteiger partial charge in [0.2, 0.25) is 18.0 Å². The average molecular weight is 486 g/mol. The van der Waals surface area contributed by atoms with E-state index in [0.29, 0.717) is 12.3 Å². The Hall–Kier alpha value is -1.79. The van der Waals surface area contributed by atoms with Crippen LogP contribution in [0.2, 0.25) is 0 Å². The van der Waals surface area contributed by atoms with Crippen LogP contribution in [0.15, 0.2) is 0 Å². The van der Waals surface area contributed by atoms with Crippen molar-refractivity contribution in [3.63, 3.8) is 0 Å². The number of aliphatic hydroxyl groups excluding tert-OH is 1. The van der Waals surface area contributed by atoms with E-state index >= 15 is 0 Å². The summed E-state index contributed by atoms with van der Waals surface area (Å²) in [5.41, 5.74) is -0.761. The van der Waals surface area contributed by atoms with E-state index in [1.807, 2.05) is 13.8 Å². The summed E-state index contributed by atoms with van der Waals surface area (Å²) in [6.45, 7) is 7.24. The molecule has 11 heteroatoms. The van der Waals surface area contributed by atoms with Crippen molar-refractivity contribution in [3.05, 3.63) is 0 Å². The summed E-state index contributed by atoms with van der Waals surface area (Å²) in [5, 5.41) is 20.8. The highest BCUT2D eigenvalue weighted by Crippen LogP contribution is 2.60. The maximum absolute atomic E-state index is 12.5. The topological polar surface area (TPSA) is 150 Å². The largest absolute Gasteiger partial charge is 0.480 e. The minimum atomic E-state index is -1.45. The number of nitrogens with one attached hydrogen (secondary N) is 1. The number of fused-ring (bicyclic) bond motifs is 2. The summed E-state index contributed by atoms with van der Waals surface area (Å²) in [5.74, 6) is -3.19. The predicted octanol–water partition coefficient (Wildman–Crippen LogP) is 1.47. The number of hydrogen-bond acceptors (Lipinski definition) is 9. The summed E-state index contributed by atoms with van der Waals surface area (Å²) < 4.78 is 18.0. The van der Waals surface area contributed by atoms with Gasteiger partial charge in [0.25, 0.3) is 0 Å². The Bertz CT molecular complexity index is 820. The van der Waals surface area contributed by atoms with Crippen LogP contribution in [0.3, 0.4) is 0 Å². The van der Waals surface area contributed by atoms with Gasteiger partial charge in [-0.15, -0.1) is 0 Å². The van der Waals surface area contributed by atoms with Crippen LogP contribution in [0.5, 0.6) is 0 Å². The molecule has 0 unspecified atom stereocenters. The minimum Gasteiger partial charge on any atom is -0.480 e. The number of carbonyl (C=O) groups is 3. The molecule has 10 atom stereocenters. The van der Waals surface area contributed by atoms with E-state index in [1.165, 1.54) is 6.92 Å². The second-order valence-electron chi connectivity index (χ2n) is 10.4. The van der Waals surface area contributed by atoms with Crippen molar-refractivity contribution in [1.29, 1.82) is 0 Å². The molecule has 34 heavy (non-hydrogen) atoms. The Kier molecular flexibility index (Phi) is 6.96. The van der Waals surface area contributed by atoms with Crippen molar-refractivity contribution in [1.82, 2.24) is 5.32 Å². The van der Waals surface area contributed by atoms with Crippen molar-refractivity contribution in [2.45, 2.75) is 102 Å². The number of ether oxygens (including phenoxy) is 3. The van der Waals surface area contributed by atoms with Crippen molar-refractivity contribution >= 4 is 17.8 Å². The highest BCUT2D eigenvalue weighted by Gasteiger charge is 2.69. The lowest BCUT2D eigenvalue weighted by Crippen LogP contribution is -2.70. The molecule has 5 aliphatic rings. The van der Waals surface area contributed by atoms with Gasteiger partial charge in [0.1, 0.15) is 0 Å². The maximum atomic E-state index is 12.5. The number of esters is 1. The van der Waals surface area contributed by atoms with Gasteiger partial charge in [-0.05, 0) is 44.9 Å². The summed E-state index contributed by atoms with van der Waals surface area (Å²) >= 11 is 0. The van der Waals surface area contributed by atoms with E-state index in [9.17, 15) is 19.5 Å². The van der Waals surface area contributed by atoms with E-state index in [-0.39, 0.29) is 30.6 Å². The Labute approximate surface area is 198 Å². The van der Waals surface area contributed by atoms with Gasteiger partial charge in [-0.2, -0.15) is 0 Å². The monoisotopic (exact) mass is 485 g/mol. The standard InChI is InChI=1S/C23H35NO10/c1-11-5-6-15-12(2)20(30-17(27)8-7-16(26)24-18(13(3)25)19(28)29)31-21-23(15)14(11)9-10-22(4,32-21)33-34-23/h11-15,18,20-21,25H,5-10H2,1-4H3,(H,24,26)(H,28,29)/t11-,12-,13+,14+,15+,18+,20-,21-,22-,23-/m1/s1. The van der Waals surface area contributed by atoms with Gasteiger partial charge >= 0.3 is 11.9 Å². The summed E-state index contributed by atoms with van der Waals surface area (Å²) in [4.78, 5) is 47.6. The fraction of sp³-hybridized carbons (Fsp3) is 0.870. The molecule has 1 spiro atoms. The number of carboxylic acid groups (broad SMARTS) is 1. The molecule has 11 nitrogen and oxygen atoms in total. The highest BCUT2D eigenvalue weighted by molar-refractivity contribution is 5.86. The molecule has 1 aliphatic carbocycles. The first-order chi connectivity index (χ1) is 16.0. The van der Waals surface area contributed by atoms with Crippen LogP contribution in [0.1, 0.15) is 66.2 Å². The quantitative estimate of drug-likeness (QED) is 0.357. The average Bonchev–Trinajstić information content (AvgIpc) is 2.99. The smallest absolute Gasteiger partial charge is 0.328 e. The SMILES string of the molecule is C[C@H]1[C@H](OC(=O)CCC(=O)N[C@H](C(=O)O)[C@H](C)O)O[C@@H]2O[C@@]3(C)CC[C@H]4[C@H](C)CC[C@@H]1[C@@]24OO3. The Morgan fingerprint density at radius 2 is 1.85 bits per heavy atom. The van der Waals surface area contributed by atoms with Crippen LogP contribution in [0, 0.1) is 23.7 Å². The van der Waals surface area contributed by atoms with E-state index in [1.54, 1.807) is 0 Å². The van der Waals surface area contributed by atoms with Gasteiger partial charge in [0.15, 0.2) is 17.9 Å². The zero-order valence-corrected chi connectivity index (χ0v) is 20.0. The zero-order valence-electron chi connectivity index (χ0n) is 20.0. The van der Waals surface area contributed by atoms with Crippen LogP contribution in [-0.2, 0) is 38.4 Å². The molecule has 3 N–H and O–H groups in total. The summed E-state index contributed by atoms with van der Waals surface area (Å²) in [6.07, 6.45) is 0.00572. The fourth-order valence-electron chi connectivity index (χ4n) is 6.05. The van der Waals surface area contributed by atoms with Crippen molar-refractivity contribution in [2.75, 3.05) is 0 Å². The van der Waals surface area contributed by atoms with Crippen LogP contribution >= 0.6 is 0 Å². The Morgan fingerprint density at radius 3 is 2.53 bits per heavy atom. The van der Waals surface area contributed by atoms with Crippen molar-refractivity contribution in [2.24, 2.45) is 23.7 Å². The first-order valence-electron chi connectivity index (χ1n) is 12.1. The number of aliphatic hydroxyl groups is 1. The number of hydrogen-bond donors (Lipinski definition) is 3. The molecule has 1 saturated carbocycles. The normalized spacial score (nSPS) is 42.6. The Balaban J connectivity index is 1.40. The molecule has 4 aliphatic heterocycles. The maximum Gasteiger partial charge on any atom is 0.328 e. The molecule has 5 rings (SSSR count). The molecule has 4 saturated heterocycles. The van der Waals surface area contributed by atoms with Gasteiger partial charge in [-0.25, -0.2) is 14.6 Å². The molecule has 1 amide bonds. The zero-order chi connectivity index (χ0) is 24.8. The van der Waals surface area contributed by atoms with Gasteiger partial charge in [0.05, 0.1) is 12.5 Å². The lowest BCUT2D eigenvalue weighted by molar-refractivity contribution is -0.576. The van der Waals surface area contributed by atoms with Crippen LogP contribution < -0.4 is 5.32 Å². The third kappa shape index (κ3) is 4.44. The molecule has 4 heterocycles. The lowest BCUT2D eigenvalue weighted by atomic mass is 9.58. The lowest BCUT2D eigenvalue weighted by Gasteiger charge is -2.59. The van der Waals surface area contributed by atoms with Gasteiger partial charge in [-0.1, -0.05) is 13.8 Å². The van der Waals surface area contributed by atoms with E-state index in [4.69, 9.17) is 29.1 Å². The first-order valence-corrected chi connectivity index (χ1v) is 12.1. The molecular weight excluding hydrogens is 450 g/mol. The van der Waals surface area contributed by atoms with Crippen molar-refractivity contribution in [3.8, 4) is 0 Å². The first kappa shape index (κ1) is 25.3. The molecular formula is C23H35NO10. The number of aliphatic carboxylic acids is 1. The van der Waals surface area contributed by atoms with E-state index in [2.05, 4.69) is 12.2 Å². The van der Waals surface area contributed by atoms with E-state index < -0.39 is 54.0 Å². The minimum absolute atomic E-state index is 0.00133. The summed E-state index contributed by atoms with van der Waals surface area (Å²) in [7, 11) is 0. The fourth-order valence-corrected chi connectivity index (χ4v) is 6.05. The molecule has 0 aromatic rings. The molecule has 0 radical (unpaired) electrons. The number of amides is 1. The van der Waals surface area contributed by atoms with Gasteiger partial charge < -0.3 is 29.7 Å². The third-order valence-corrected chi connectivity index (χ3v) is 7.97. The third-order valence-electron chi connectivity index (χ3n) is 7.97. The molecule has 2 bridgehead atoms. The molecule has 0 aromatic carbocycles. The second kappa shape index (κ2) is 9.34. The molecule has 0 aromatic heterocycles. The second-order valence-corrected chi connectivity index (χ2v) is 10.4. The summed E-state index contributed by atoms with van der Waals surface area (Å²) in [6, 6.07) is -1.45. The van der Waals surface area contributed by atoms with E-state index in [0.717, 1.165) is 19.3 Å². The number of carbonyl (C=O) groups excluding carboxylic acids is 2. The van der Waals surface area contributed by atoms with Crippen LogP contribution in [0.4, 0.5) is 0 Å². The number of carboxylic acids is 1. The molecule has 5 fully saturated rings. The van der Waals surface area contributed by atoms with Gasteiger partial charge in [0, 0.05) is 24.7 Å². The van der Waals surface area contributed by atoms with Gasteiger partial charge in [-0.3, -0.25) is 9.59 Å². The highest BCUT2D eigenvalue weighted by atomic mass is 17.3. The molecule has 192 valence electrons. The predicted molar refractivity (Wildman–Crippen MR) is 113 cm³/mol. The number of rotatable bonds is 7.